The molecule has 19 heavy (non-hydrogen) atoms. The fourth-order valence-electron chi connectivity index (χ4n) is 3.53. The predicted octanol–water partition coefficient (Wildman–Crippen LogP) is 2.48. The first-order valence-electron chi connectivity index (χ1n) is 6.98. The van der Waals surface area contributed by atoms with Crippen molar-refractivity contribution in [3.63, 3.8) is 0 Å². The van der Waals surface area contributed by atoms with Gasteiger partial charge in [-0.1, -0.05) is 24.3 Å². The van der Waals surface area contributed by atoms with E-state index in [1.54, 1.807) is 16.9 Å². The van der Waals surface area contributed by atoms with Crippen LogP contribution in [0.3, 0.4) is 0 Å². The molecule has 3 nitrogen and oxygen atoms in total. The molecule has 1 aromatic carbocycles. The van der Waals surface area contributed by atoms with Crippen LogP contribution in [0.5, 0.6) is 0 Å². The number of hydrogen-bond acceptors (Lipinski definition) is 4. The Labute approximate surface area is 116 Å². The molecule has 0 radical (unpaired) electrons. The minimum Gasteiger partial charge on any atom is -0.330 e. The van der Waals surface area contributed by atoms with E-state index in [0.29, 0.717) is 18.4 Å². The van der Waals surface area contributed by atoms with Gasteiger partial charge in [0.25, 0.3) is 0 Å². The van der Waals surface area contributed by atoms with Gasteiger partial charge in [0, 0.05) is 12.3 Å². The van der Waals surface area contributed by atoms with Crippen LogP contribution in [0.25, 0.3) is 0 Å². The Morgan fingerprint density at radius 3 is 3.00 bits per heavy atom. The topological polar surface area (TPSA) is 51.8 Å². The number of nitrogens with two attached hydrogens (primary N) is 1. The van der Waals surface area contributed by atoms with Crippen molar-refractivity contribution in [1.82, 2.24) is 10.2 Å². The zero-order valence-corrected chi connectivity index (χ0v) is 11.6. The third-order valence-corrected chi connectivity index (χ3v) is 5.54. The van der Waals surface area contributed by atoms with Gasteiger partial charge in [-0.15, -0.1) is 21.5 Å². The van der Waals surface area contributed by atoms with Crippen molar-refractivity contribution in [2.45, 2.75) is 31.1 Å². The van der Waals surface area contributed by atoms with Crippen LogP contribution in [-0.2, 0) is 12.8 Å². The highest BCUT2D eigenvalue weighted by atomic mass is 32.1. The van der Waals surface area contributed by atoms with Gasteiger partial charge in [-0.3, -0.25) is 0 Å². The molecule has 1 fully saturated rings. The van der Waals surface area contributed by atoms with Gasteiger partial charge in [0.2, 0.25) is 0 Å². The lowest BCUT2D eigenvalue weighted by Gasteiger charge is -2.13. The van der Waals surface area contributed by atoms with Crippen LogP contribution in [0.1, 0.15) is 39.4 Å². The van der Waals surface area contributed by atoms with Crippen molar-refractivity contribution in [2.24, 2.45) is 11.7 Å². The Morgan fingerprint density at radius 2 is 2.11 bits per heavy atom. The van der Waals surface area contributed by atoms with E-state index in [0.717, 1.165) is 17.3 Å². The first kappa shape index (κ1) is 11.6. The number of fused-ring (bicyclic) bond motifs is 3. The average Bonchev–Trinajstić information content (AvgIpc) is 3.02. The molecule has 2 aromatic rings. The molecule has 0 spiro atoms. The van der Waals surface area contributed by atoms with Crippen LogP contribution < -0.4 is 5.73 Å². The zero-order chi connectivity index (χ0) is 12.8. The van der Waals surface area contributed by atoms with Crippen molar-refractivity contribution >= 4 is 11.3 Å². The minimum absolute atomic E-state index is 0.618. The summed E-state index contributed by atoms with van der Waals surface area (Å²) >= 11 is 1.77. The molecule has 0 bridgehead atoms. The van der Waals surface area contributed by atoms with Crippen molar-refractivity contribution in [1.29, 1.82) is 0 Å². The van der Waals surface area contributed by atoms with Crippen molar-refractivity contribution in [2.75, 3.05) is 6.54 Å². The molecule has 0 amide bonds. The van der Waals surface area contributed by atoms with Crippen molar-refractivity contribution in [3.8, 4) is 0 Å². The monoisotopic (exact) mass is 271 g/mol. The zero-order valence-electron chi connectivity index (χ0n) is 10.7. The van der Waals surface area contributed by atoms with Crippen LogP contribution in [0.4, 0.5) is 0 Å². The summed E-state index contributed by atoms with van der Waals surface area (Å²) < 4.78 is 0. The molecule has 2 aliphatic carbocycles. The lowest BCUT2D eigenvalue weighted by Crippen LogP contribution is -2.01. The largest absolute Gasteiger partial charge is 0.330 e. The fraction of sp³-hybridized carbons (Fsp3) is 0.467. The van der Waals surface area contributed by atoms with E-state index in [1.807, 2.05) is 0 Å². The molecule has 98 valence electrons. The molecule has 4 heteroatoms. The number of nitrogens with zero attached hydrogens (tertiary/aromatic N) is 2. The standard InChI is InChI=1S/C15H17N3S/c16-8-7-12-17-18-15(19-12)14-11-6-5-9-3-1-2-4-10(9)13(11)14/h1-4,11,13-14H,5-8,16H2. The molecule has 0 saturated heterocycles. The average molecular weight is 271 g/mol. The second-order valence-corrected chi connectivity index (χ2v) is 6.62. The smallest absolute Gasteiger partial charge is 0.121 e. The first-order chi connectivity index (χ1) is 9.38. The second kappa shape index (κ2) is 4.39. The number of benzene rings is 1. The van der Waals surface area contributed by atoms with E-state index in [9.17, 15) is 0 Å². The van der Waals surface area contributed by atoms with E-state index in [2.05, 4.69) is 34.5 Å². The third-order valence-electron chi connectivity index (χ3n) is 4.46. The summed E-state index contributed by atoms with van der Waals surface area (Å²) in [5.74, 6) is 2.12. The van der Waals surface area contributed by atoms with E-state index in [1.165, 1.54) is 23.4 Å². The number of hydrogen-bond donors (Lipinski definition) is 1. The van der Waals surface area contributed by atoms with Gasteiger partial charge in [0.15, 0.2) is 0 Å². The quantitative estimate of drug-likeness (QED) is 0.933. The maximum atomic E-state index is 5.58. The highest BCUT2D eigenvalue weighted by Crippen LogP contribution is 2.65. The van der Waals surface area contributed by atoms with Gasteiger partial charge >= 0.3 is 0 Å². The molecule has 2 aliphatic rings. The third kappa shape index (κ3) is 1.82. The van der Waals surface area contributed by atoms with Gasteiger partial charge in [0.1, 0.15) is 10.0 Å². The number of rotatable bonds is 3. The van der Waals surface area contributed by atoms with E-state index < -0.39 is 0 Å². The molecular weight excluding hydrogens is 254 g/mol. The van der Waals surface area contributed by atoms with Gasteiger partial charge < -0.3 is 5.73 Å². The van der Waals surface area contributed by atoms with E-state index >= 15 is 0 Å². The van der Waals surface area contributed by atoms with Crippen LogP contribution in [0, 0.1) is 5.92 Å². The van der Waals surface area contributed by atoms with Gasteiger partial charge in [0.05, 0.1) is 0 Å². The maximum Gasteiger partial charge on any atom is 0.121 e. The highest BCUT2D eigenvalue weighted by Gasteiger charge is 2.55. The van der Waals surface area contributed by atoms with Crippen LogP contribution >= 0.6 is 11.3 Å². The summed E-state index contributed by atoms with van der Waals surface area (Å²) in [4.78, 5) is 0. The molecule has 1 saturated carbocycles. The molecule has 2 N–H and O–H groups in total. The van der Waals surface area contributed by atoms with Crippen molar-refractivity contribution < 1.29 is 0 Å². The molecule has 1 aromatic heterocycles. The van der Waals surface area contributed by atoms with Gasteiger partial charge in [-0.2, -0.15) is 0 Å². The lowest BCUT2D eigenvalue weighted by molar-refractivity contribution is 0.658. The van der Waals surface area contributed by atoms with Gasteiger partial charge in [-0.25, -0.2) is 0 Å². The molecule has 0 aliphatic heterocycles. The SMILES string of the molecule is NCCc1nnc(C2C3CCc4ccccc4C32)s1. The van der Waals surface area contributed by atoms with Crippen LogP contribution in [0.15, 0.2) is 24.3 Å². The molecule has 3 atom stereocenters. The van der Waals surface area contributed by atoms with Crippen LogP contribution in [0.2, 0.25) is 0 Å². The molecule has 1 heterocycles. The highest BCUT2D eigenvalue weighted by molar-refractivity contribution is 7.11. The number of aromatic nitrogens is 2. The Bertz CT molecular complexity index is 607. The second-order valence-electron chi connectivity index (χ2n) is 5.53. The summed E-state index contributed by atoms with van der Waals surface area (Å²) in [5, 5.41) is 11.0. The van der Waals surface area contributed by atoms with E-state index in [-0.39, 0.29) is 0 Å². The van der Waals surface area contributed by atoms with Gasteiger partial charge in [-0.05, 0) is 42.3 Å². The normalized spacial score (nSPS) is 27.7. The molecule has 3 unspecified atom stereocenters. The summed E-state index contributed by atoms with van der Waals surface area (Å²) in [6, 6.07) is 8.90. The molecular formula is C15H17N3S. The first-order valence-corrected chi connectivity index (χ1v) is 7.80. The Morgan fingerprint density at radius 1 is 1.21 bits per heavy atom. The fourth-order valence-corrected chi connectivity index (χ4v) is 4.61. The lowest BCUT2D eigenvalue weighted by atomic mass is 9.92. The Kier molecular flexibility index (Phi) is 2.67. The number of aryl methyl sites for hydroxylation is 1. The minimum atomic E-state index is 0.618. The summed E-state index contributed by atoms with van der Waals surface area (Å²) in [5.41, 5.74) is 8.68. The summed E-state index contributed by atoms with van der Waals surface area (Å²) in [6.07, 6.45) is 3.39. The Balaban J connectivity index is 1.62. The summed E-state index contributed by atoms with van der Waals surface area (Å²) in [6.45, 7) is 0.662. The van der Waals surface area contributed by atoms with Crippen LogP contribution in [-0.4, -0.2) is 16.7 Å². The van der Waals surface area contributed by atoms with Crippen molar-refractivity contribution in [3.05, 3.63) is 45.4 Å². The maximum absolute atomic E-state index is 5.58. The predicted molar refractivity (Wildman–Crippen MR) is 76.4 cm³/mol. The molecule has 4 rings (SSSR count). The Hall–Kier alpha value is -1.26. The van der Waals surface area contributed by atoms with E-state index in [4.69, 9.17) is 5.73 Å². The summed E-state index contributed by atoms with van der Waals surface area (Å²) in [7, 11) is 0.